The minimum absolute atomic E-state index is 0.952. The second kappa shape index (κ2) is 6.73. The van der Waals surface area contributed by atoms with Crippen LogP contribution < -0.4 is 5.19 Å². The van der Waals surface area contributed by atoms with Crippen LogP contribution in [0, 0.1) is 0 Å². The van der Waals surface area contributed by atoms with Gasteiger partial charge in [0.25, 0.3) is 0 Å². The molecule has 2 aromatic rings. The van der Waals surface area contributed by atoms with Gasteiger partial charge in [0.1, 0.15) is 8.07 Å². The monoisotopic (exact) mass is 292 g/mol. The zero-order valence-corrected chi connectivity index (χ0v) is 14.3. The lowest BCUT2D eigenvalue weighted by atomic mass is 10.0. The summed E-state index contributed by atoms with van der Waals surface area (Å²) >= 11 is 0. The number of benzene rings is 2. The Morgan fingerprint density at radius 3 is 2.00 bits per heavy atom. The van der Waals surface area contributed by atoms with E-state index in [2.05, 4.69) is 93.0 Å². The zero-order chi connectivity index (χ0) is 15.3. The Morgan fingerprint density at radius 2 is 1.48 bits per heavy atom. The van der Waals surface area contributed by atoms with Gasteiger partial charge in [0, 0.05) is 0 Å². The van der Waals surface area contributed by atoms with E-state index < -0.39 is 8.07 Å². The summed E-state index contributed by atoms with van der Waals surface area (Å²) in [4.78, 5) is 0. The lowest BCUT2D eigenvalue weighted by Crippen LogP contribution is -2.39. The van der Waals surface area contributed by atoms with E-state index >= 15 is 0 Å². The van der Waals surface area contributed by atoms with Crippen molar-refractivity contribution < 1.29 is 0 Å². The Bertz CT molecular complexity index is 621. The smallest absolute Gasteiger partial charge is 0.0998 e. The van der Waals surface area contributed by atoms with Gasteiger partial charge >= 0.3 is 0 Å². The average Bonchev–Trinajstić information content (AvgIpc) is 2.48. The number of hydrogen-bond donors (Lipinski definition) is 0. The highest BCUT2D eigenvalue weighted by Crippen LogP contribution is 2.24. The van der Waals surface area contributed by atoms with Crippen LogP contribution in [0.3, 0.4) is 0 Å². The highest BCUT2D eigenvalue weighted by molar-refractivity contribution is 6.94. The molecule has 0 atom stereocenters. The maximum atomic E-state index is 4.10. The maximum Gasteiger partial charge on any atom is 0.104 e. The molecular weight excluding hydrogens is 268 g/mol. The van der Waals surface area contributed by atoms with Gasteiger partial charge in [0.05, 0.1) is 0 Å². The minimum atomic E-state index is -1.60. The predicted molar refractivity (Wildman–Crippen MR) is 97.4 cm³/mol. The molecule has 21 heavy (non-hydrogen) atoms. The third-order valence-electron chi connectivity index (χ3n) is 3.69. The van der Waals surface area contributed by atoms with Crippen LogP contribution in [0.15, 0.2) is 78.5 Å². The van der Waals surface area contributed by atoms with Gasteiger partial charge in [0.2, 0.25) is 0 Å². The Kier molecular flexibility index (Phi) is 4.97. The maximum absolute atomic E-state index is 4.10. The summed E-state index contributed by atoms with van der Waals surface area (Å²) in [6, 6.07) is 21.6. The first-order valence-corrected chi connectivity index (χ1v) is 10.5. The Morgan fingerprint density at radius 1 is 0.952 bits per heavy atom. The van der Waals surface area contributed by atoms with Crippen LogP contribution in [0.5, 0.6) is 0 Å². The molecule has 0 heterocycles. The van der Waals surface area contributed by atoms with Crippen molar-refractivity contribution in [3.8, 4) is 0 Å². The van der Waals surface area contributed by atoms with Crippen LogP contribution >= 0.6 is 0 Å². The molecule has 0 aliphatic carbocycles. The molecule has 0 aliphatic heterocycles. The van der Waals surface area contributed by atoms with Gasteiger partial charge in [-0.25, -0.2) is 0 Å². The number of allylic oxidation sites excluding steroid dienone is 2. The molecule has 0 fully saturated rings. The quantitative estimate of drug-likeness (QED) is 0.525. The molecule has 0 saturated carbocycles. The van der Waals surface area contributed by atoms with Gasteiger partial charge in [-0.3, -0.25) is 0 Å². The third-order valence-corrected chi connectivity index (χ3v) is 6.58. The summed E-state index contributed by atoms with van der Waals surface area (Å²) in [5.74, 6) is 0. The lowest BCUT2D eigenvalue weighted by Gasteiger charge is -2.21. The van der Waals surface area contributed by atoms with Crippen molar-refractivity contribution in [1.82, 2.24) is 0 Å². The van der Waals surface area contributed by atoms with Crippen molar-refractivity contribution in [2.45, 2.75) is 26.4 Å². The van der Waals surface area contributed by atoms with Gasteiger partial charge in [-0.1, -0.05) is 96.8 Å². The predicted octanol–water partition coefficient (Wildman–Crippen LogP) is 5.19. The first-order valence-electron chi connectivity index (χ1n) is 7.46. The van der Waals surface area contributed by atoms with E-state index in [9.17, 15) is 0 Å². The van der Waals surface area contributed by atoms with Crippen LogP contribution in [0.4, 0.5) is 0 Å². The first-order chi connectivity index (χ1) is 9.99. The van der Waals surface area contributed by atoms with E-state index in [1.807, 2.05) is 0 Å². The molecule has 0 N–H and O–H groups in total. The standard InChI is InChI=1S/C20H24Si/c1-17(2)15-19(18-11-7-5-8-12-18)16-21(3,4)20-13-9-6-10-14-20/h5-14,16H,1,15H2,2-4H3/b19-16+. The highest BCUT2D eigenvalue weighted by atomic mass is 28.3. The van der Waals surface area contributed by atoms with Crippen molar-refractivity contribution in [3.63, 3.8) is 0 Å². The fraction of sp³-hybridized carbons (Fsp3) is 0.200. The van der Waals surface area contributed by atoms with Crippen LogP contribution in [-0.2, 0) is 0 Å². The van der Waals surface area contributed by atoms with E-state index in [-0.39, 0.29) is 0 Å². The average molecular weight is 292 g/mol. The molecule has 108 valence electrons. The van der Waals surface area contributed by atoms with Crippen LogP contribution in [0.1, 0.15) is 18.9 Å². The molecular formula is C20H24Si. The molecule has 0 aliphatic rings. The van der Waals surface area contributed by atoms with Gasteiger partial charge < -0.3 is 0 Å². The van der Waals surface area contributed by atoms with Gasteiger partial charge in [-0.15, -0.1) is 0 Å². The van der Waals surface area contributed by atoms with Crippen molar-refractivity contribution >= 4 is 18.8 Å². The summed E-state index contributed by atoms with van der Waals surface area (Å²) in [5, 5.41) is 1.47. The summed E-state index contributed by atoms with van der Waals surface area (Å²) in [5.41, 5.74) is 6.45. The molecule has 2 aromatic carbocycles. The van der Waals surface area contributed by atoms with Gasteiger partial charge in [-0.05, 0) is 24.5 Å². The topological polar surface area (TPSA) is 0 Å². The molecule has 0 spiro atoms. The SMILES string of the molecule is C=C(C)C/C(=C\[Si](C)(C)c1ccccc1)c1ccccc1. The fourth-order valence-corrected chi connectivity index (χ4v) is 4.96. The Labute approximate surface area is 129 Å². The minimum Gasteiger partial charge on any atom is -0.0998 e. The molecule has 0 nitrogen and oxygen atoms in total. The van der Waals surface area contributed by atoms with E-state index in [0.717, 1.165) is 6.42 Å². The molecule has 2 rings (SSSR count). The molecule has 0 unspecified atom stereocenters. The molecule has 0 radical (unpaired) electrons. The highest BCUT2D eigenvalue weighted by Gasteiger charge is 2.21. The molecule has 0 amide bonds. The molecule has 0 saturated heterocycles. The normalized spacial score (nSPS) is 12.2. The summed E-state index contributed by atoms with van der Waals surface area (Å²) < 4.78 is 0. The van der Waals surface area contributed by atoms with E-state index in [4.69, 9.17) is 0 Å². The van der Waals surface area contributed by atoms with Gasteiger partial charge in [0.15, 0.2) is 0 Å². The Balaban J connectivity index is 2.43. The van der Waals surface area contributed by atoms with Gasteiger partial charge in [-0.2, -0.15) is 0 Å². The molecule has 0 bridgehead atoms. The van der Waals surface area contributed by atoms with E-state index in [0.29, 0.717) is 0 Å². The van der Waals surface area contributed by atoms with E-state index in [1.54, 1.807) is 0 Å². The Hall–Kier alpha value is -1.86. The molecule has 1 heteroatoms. The lowest BCUT2D eigenvalue weighted by molar-refractivity contribution is 1.24. The van der Waals surface area contributed by atoms with E-state index in [1.165, 1.54) is 21.9 Å². The van der Waals surface area contributed by atoms with Crippen LogP contribution in [0.2, 0.25) is 13.1 Å². The van der Waals surface area contributed by atoms with Crippen molar-refractivity contribution in [2.75, 3.05) is 0 Å². The largest absolute Gasteiger partial charge is 0.104 e. The second-order valence-electron chi connectivity index (χ2n) is 6.26. The summed E-state index contributed by atoms with van der Waals surface area (Å²) in [7, 11) is -1.60. The first kappa shape index (κ1) is 15.5. The fourth-order valence-electron chi connectivity index (χ4n) is 2.60. The van der Waals surface area contributed by atoms with Crippen molar-refractivity contribution in [3.05, 3.63) is 84.1 Å². The summed E-state index contributed by atoms with van der Waals surface area (Å²) in [6.07, 6.45) is 0.952. The third kappa shape index (κ3) is 4.30. The zero-order valence-electron chi connectivity index (χ0n) is 13.3. The van der Waals surface area contributed by atoms with Crippen LogP contribution in [0.25, 0.3) is 5.57 Å². The van der Waals surface area contributed by atoms with Crippen LogP contribution in [-0.4, -0.2) is 8.07 Å². The van der Waals surface area contributed by atoms with Crippen molar-refractivity contribution in [2.24, 2.45) is 0 Å². The second-order valence-corrected chi connectivity index (χ2v) is 10.6. The number of hydrogen-bond acceptors (Lipinski definition) is 0. The molecule has 0 aromatic heterocycles. The van der Waals surface area contributed by atoms with Crippen molar-refractivity contribution in [1.29, 1.82) is 0 Å². The number of rotatable bonds is 5. The summed E-state index contributed by atoms with van der Waals surface area (Å²) in [6.45, 7) is 11.0.